The van der Waals surface area contributed by atoms with Gasteiger partial charge in [0.2, 0.25) is 0 Å². The van der Waals surface area contributed by atoms with E-state index in [9.17, 15) is 0 Å². The highest BCUT2D eigenvalue weighted by molar-refractivity contribution is 5.32. The number of rotatable bonds is 8. The molecule has 1 aromatic carbocycles. The van der Waals surface area contributed by atoms with Crippen LogP contribution in [0.15, 0.2) is 24.3 Å². The summed E-state index contributed by atoms with van der Waals surface area (Å²) in [4.78, 5) is 0. The minimum atomic E-state index is 0.276. The summed E-state index contributed by atoms with van der Waals surface area (Å²) in [6.45, 7) is 9.23. The summed E-state index contributed by atoms with van der Waals surface area (Å²) in [5.41, 5.74) is 3.36. The van der Waals surface area contributed by atoms with E-state index < -0.39 is 0 Å². The lowest BCUT2D eigenvalue weighted by atomic mass is 9.82. The summed E-state index contributed by atoms with van der Waals surface area (Å²) >= 11 is 0. The lowest BCUT2D eigenvalue weighted by molar-refractivity contribution is 0.567. The molecule has 0 saturated carbocycles. The van der Waals surface area contributed by atoms with Crippen molar-refractivity contribution in [1.29, 1.82) is 0 Å². The number of unbranched alkanes of at least 4 members (excludes halogenated alkanes) is 6. The van der Waals surface area contributed by atoms with Gasteiger partial charge in [-0.3, -0.25) is 0 Å². The molecule has 19 heavy (non-hydrogen) atoms. The Hall–Kier alpha value is -0.780. The van der Waals surface area contributed by atoms with Gasteiger partial charge in [0, 0.05) is 0 Å². The first kappa shape index (κ1) is 16.3. The van der Waals surface area contributed by atoms with Crippen LogP contribution >= 0.6 is 0 Å². The first-order valence-electron chi connectivity index (χ1n) is 8.14. The molecule has 108 valence electrons. The third kappa shape index (κ3) is 6.27. The first-order chi connectivity index (χ1) is 9.05. The Bertz CT molecular complexity index is 343. The molecule has 0 aliphatic rings. The van der Waals surface area contributed by atoms with Crippen molar-refractivity contribution < 1.29 is 0 Å². The smallest absolute Gasteiger partial charge is 0.0129 e. The van der Waals surface area contributed by atoms with E-state index >= 15 is 0 Å². The normalized spacial score (nSPS) is 11.8. The molecule has 0 aromatic heterocycles. The summed E-state index contributed by atoms with van der Waals surface area (Å²) in [6, 6.07) is 8.98. The maximum absolute atomic E-state index is 2.32. The minimum Gasteiger partial charge on any atom is -0.0654 e. The van der Waals surface area contributed by atoms with E-state index in [2.05, 4.69) is 52.0 Å². The SMILES string of the molecule is CCCCCCCCCc1ccccc1C(C)(C)C. The fourth-order valence-electron chi connectivity index (χ4n) is 2.74. The molecule has 0 heteroatoms. The van der Waals surface area contributed by atoms with E-state index in [4.69, 9.17) is 0 Å². The van der Waals surface area contributed by atoms with Crippen molar-refractivity contribution in [2.24, 2.45) is 0 Å². The van der Waals surface area contributed by atoms with E-state index in [-0.39, 0.29) is 5.41 Å². The molecular formula is C19H32. The highest BCUT2D eigenvalue weighted by Crippen LogP contribution is 2.26. The Morgan fingerprint density at radius 1 is 0.789 bits per heavy atom. The van der Waals surface area contributed by atoms with Crippen LogP contribution in [0.2, 0.25) is 0 Å². The molecule has 0 heterocycles. The van der Waals surface area contributed by atoms with Crippen LogP contribution in [-0.2, 0) is 11.8 Å². The van der Waals surface area contributed by atoms with Crippen molar-refractivity contribution in [1.82, 2.24) is 0 Å². The Labute approximate surface area is 120 Å². The fourth-order valence-corrected chi connectivity index (χ4v) is 2.74. The van der Waals surface area contributed by atoms with Gasteiger partial charge in [0.05, 0.1) is 0 Å². The predicted molar refractivity (Wildman–Crippen MR) is 86.8 cm³/mol. The van der Waals surface area contributed by atoms with Gasteiger partial charge in [0.25, 0.3) is 0 Å². The summed E-state index contributed by atoms with van der Waals surface area (Å²) in [5, 5.41) is 0. The van der Waals surface area contributed by atoms with Crippen LogP contribution < -0.4 is 0 Å². The van der Waals surface area contributed by atoms with E-state index in [0.29, 0.717) is 0 Å². The van der Waals surface area contributed by atoms with Gasteiger partial charge >= 0.3 is 0 Å². The average Bonchev–Trinajstić information content (AvgIpc) is 2.37. The van der Waals surface area contributed by atoms with E-state index in [1.54, 1.807) is 5.56 Å². The van der Waals surface area contributed by atoms with Gasteiger partial charge in [-0.1, -0.05) is 90.5 Å². The molecule has 1 aromatic rings. The Kier molecular flexibility index (Phi) is 7.20. The van der Waals surface area contributed by atoms with Crippen molar-refractivity contribution in [2.45, 2.75) is 84.5 Å². The van der Waals surface area contributed by atoms with Crippen LogP contribution in [0.3, 0.4) is 0 Å². The molecule has 0 atom stereocenters. The summed E-state index contributed by atoms with van der Waals surface area (Å²) in [5.74, 6) is 0. The molecule has 0 N–H and O–H groups in total. The second kappa shape index (κ2) is 8.40. The van der Waals surface area contributed by atoms with Gasteiger partial charge in [-0.05, 0) is 29.4 Å². The molecule has 0 nitrogen and oxygen atoms in total. The van der Waals surface area contributed by atoms with Crippen LogP contribution in [0.4, 0.5) is 0 Å². The lowest BCUT2D eigenvalue weighted by Crippen LogP contribution is -2.14. The number of benzene rings is 1. The van der Waals surface area contributed by atoms with Gasteiger partial charge in [-0.2, -0.15) is 0 Å². The quantitative estimate of drug-likeness (QED) is 0.483. The molecule has 0 spiro atoms. The second-order valence-corrected chi connectivity index (χ2v) is 6.78. The Morgan fingerprint density at radius 2 is 1.37 bits per heavy atom. The zero-order valence-corrected chi connectivity index (χ0v) is 13.5. The van der Waals surface area contributed by atoms with Gasteiger partial charge in [-0.25, -0.2) is 0 Å². The summed E-state index contributed by atoms with van der Waals surface area (Å²) < 4.78 is 0. The molecule has 0 saturated heterocycles. The summed E-state index contributed by atoms with van der Waals surface area (Å²) in [7, 11) is 0. The number of hydrogen-bond acceptors (Lipinski definition) is 0. The van der Waals surface area contributed by atoms with E-state index in [0.717, 1.165) is 0 Å². The van der Waals surface area contributed by atoms with Gasteiger partial charge < -0.3 is 0 Å². The zero-order chi connectivity index (χ0) is 14.1. The van der Waals surface area contributed by atoms with Crippen molar-refractivity contribution in [3.05, 3.63) is 35.4 Å². The molecule has 1 rings (SSSR count). The zero-order valence-electron chi connectivity index (χ0n) is 13.5. The molecule has 0 bridgehead atoms. The largest absolute Gasteiger partial charge is 0.0654 e. The molecule has 0 fully saturated rings. The minimum absolute atomic E-state index is 0.276. The van der Waals surface area contributed by atoms with Crippen LogP contribution in [0.1, 0.15) is 83.8 Å². The Balaban J connectivity index is 2.33. The standard InChI is InChI=1S/C19H32/c1-5-6-7-8-9-10-11-14-17-15-12-13-16-18(17)19(2,3)4/h12-13,15-16H,5-11,14H2,1-4H3. The van der Waals surface area contributed by atoms with Crippen molar-refractivity contribution in [3.63, 3.8) is 0 Å². The van der Waals surface area contributed by atoms with Crippen molar-refractivity contribution >= 4 is 0 Å². The number of aryl methyl sites for hydroxylation is 1. The molecule has 0 unspecified atom stereocenters. The average molecular weight is 260 g/mol. The Morgan fingerprint density at radius 3 is 2.00 bits per heavy atom. The monoisotopic (exact) mass is 260 g/mol. The molecule has 0 aliphatic carbocycles. The third-order valence-electron chi connectivity index (χ3n) is 3.88. The van der Waals surface area contributed by atoms with Crippen LogP contribution in [0, 0.1) is 0 Å². The number of hydrogen-bond donors (Lipinski definition) is 0. The van der Waals surface area contributed by atoms with Gasteiger partial charge in [0.15, 0.2) is 0 Å². The molecule has 0 aliphatic heterocycles. The first-order valence-corrected chi connectivity index (χ1v) is 8.14. The van der Waals surface area contributed by atoms with E-state index in [1.807, 2.05) is 0 Å². The van der Waals surface area contributed by atoms with Crippen LogP contribution in [-0.4, -0.2) is 0 Å². The van der Waals surface area contributed by atoms with Crippen molar-refractivity contribution in [3.8, 4) is 0 Å². The van der Waals surface area contributed by atoms with Crippen LogP contribution in [0.25, 0.3) is 0 Å². The molecule has 0 radical (unpaired) electrons. The highest BCUT2D eigenvalue weighted by Gasteiger charge is 2.16. The highest BCUT2D eigenvalue weighted by atomic mass is 14.2. The van der Waals surface area contributed by atoms with E-state index in [1.165, 1.54) is 56.9 Å². The molecular weight excluding hydrogens is 228 g/mol. The lowest BCUT2D eigenvalue weighted by Gasteiger charge is -2.22. The van der Waals surface area contributed by atoms with Crippen LogP contribution in [0.5, 0.6) is 0 Å². The topological polar surface area (TPSA) is 0 Å². The molecule has 0 amide bonds. The van der Waals surface area contributed by atoms with Crippen molar-refractivity contribution in [2.75, 3.05) is 0 Å². The maximum Gasteiger partial charge on any atom is -0.0129 e. The van der Waals surface area contributed by atoms with Gasteiger partial charge in [-0.15, -0.1) is 0 Å². The third-order valence-corrected chi connectivity index (χ3v) is 3.88. The second-order valence-electron chi connectivity index (χ2n) is 6.78. The fraction of sp³-hybridized carbons (Fsp3) is 0.684. The summed E-state index contributed by atoms with van der Waals surface area (Å²) in [6.07, 6.45) is 11.0. The predicted octanol–water partition coefficient (Wildman–Crippen LogP) is 6.28. The van der Waals surface area contributed by atoms with Gasteiger partial charge in [0.1, 0.15) is 0 Å². The maximum atomic E-state index is 2.32.